The predicted molar refractivity (Wildman–Crippen MR) is 62.2 cm³/mol. The van der Waals surface area contributed by atoms with Crippen LogP contribution in [0.25, 0.3) is 0 Å². The second-order valence-electron chi connectivity index (χ2n) is 3.54. The van der Waals surface area contributed by atoms with Gasteiger partial charge in [-0.05, 0) is 23.7 Å². The zero-order valence-corrected chi connectivity index (χ0v) is 9.79. The molecule has 1 aromatic carbocycles. The lowest BCUT2D eigenvalue weighted by atomic mass is 10.2. The molecule has 6 nitrogen and oxygen atoms in total. The van der Waals surface area contributed by atoms with Crippen LogP contribution in [0.1, 0.15) is 27.8 Å². The van der Waals surface area contributed by atoms with Crippen molar-refractivity contribution < 1.29 is 18.8 Å². The fourth-order valence-corrected chi connectivity index (χ4v) is 1.49. The van der Waals surface area contributed by atoms with Gasteiger partial charge in [-0.3, -0.25) is 19.4 Å². The highest BCUT2D eigenvalue weighted by Gasteiger charge is 2.24. The number of aldehydes is 1. The maximum absolute atomic E-state index is 11.9. The number of anilines is 1. The number of benzene rings is 1. The van der Waals surface area contributed by atoms with Gasteiger partial charge in [0.05, 0.1) is 0 Å². The lowest BCUT2D eigenvalue weighted by Gasteiger charge is -1.98. The minimum absolute atomic E-state index is 0.0562. The van der Waals surface area contributed by atoms with Gasteiger partial charge < -0.3 is 0 Å². The SMILES string of the molecule is CC[n+]1noc(NC(=O)c2ccccc2)c1C=O. The molecule has 0 aliphatic carbocycles. The number of aryl methyl sites for hydroxylation is 1. The molecule has 0 unspecified atom stereocenters. The molecule has 2 aromatic rings. The summed E-state index contributed by atoms with van der Waals surface area (Å²) in [6.07, 6.45) is 0.598. The number of hydrogen-bond donors (Lipinski definition) is 1. The summed E-state index contributed by atoms with van der Waals surface area (Å²) in [7, 11) is 0. The Morgan fingerprint density at radius 1 is 1.44 bits per heavy atom. The summed E-state index contributed by atoms with van der Waals surface area (Å²) in [5.74, 6) is -0.293. The number of nitrogens with one attached hydrogen (secondary N) is 1. The van der Waals surface area contributed by atoms with Crippen LogP contribution in [0.3, 0.4) is 0 Å². The number of aromatic nitrogens is 2. The molecule has 1 aromatic heterocycles. The number of carbonyl (C=O) groups excluding carboxylic acids is 2. The highest BCUT2D eigenvalue weighted by Crippen LogP contribution is 2.10. The Bertz CT molecular complexity index is 563. The van der Waals surface area contributed by atoms with Gasteiger partial charge in [0, 0.05) is 5.56 Å². The van der Waals surface area contributed by atoms with Gasteiger partial charge in [0.25, 0.3) is 5.91 Å². The van der Waals surface area contributed by atoms with E-state index in [2.05, 4.69) is 10.6 Å². The van der Waals surface area contributed by atoms with Crippen LogP contribution < -0.4 is 10.00 Å². The molecule has 18 heavy (non-hydrogen) atoms. The molecule has 0 radical (unpaired) electrons. The van der Waals surface area contributed by atoms with Crippen LogP contribution in [0.4, 0.5) is 5.88 Å². The Morgan fingerprint density at radius 3 is 2.78 bits per heavy atom. The van der Waals surface area contributed by atoms with Crippen LogP contribution in [0.2, 0.25) is 0 Å². The van der Waals surface area contributed by atoms with Gasteiger partial charge in [0.2, 0.25) is 11.6 Å². The van der Waals surface area contributed by atoms with Crippen molar-refractivity contribution >= 4 is 18.1 Å². The molecule has 1 heterocycles. The van der Waals surface area contributed by atoms with Crippen molar-refractivity contribution in [2.75, 3.05) is 5.32 Å². The first-order valence-corrected chi connectivity index (χ1v) is 5.47. The van der Waals surface area contributed by atoms with Crippen LogP contribution >= 0.6 is 0 Å². The predicted octanol–water partition coefficient (Wildman–Crippen LogP) is 1.05. The first-order valence-electron chi connectivity index (χ1n) is 5.47. The van der Waals surface area contributed by atoms with Crippen LogP contribution in [0.5, 0.6) is 0 Å². The number of rotatable bonds is 4. The summed E-state index contributed by atoms with van der Waals surface area (Å²) in [6.45, 7) is 2.30. The first kappa shape index (κ1) is 12.0. The van der Waals surface area contributed by atoms with E-state index in [4.69, 9.17) is 4.52 Å². The van der Waals surface area contributed by atoms with E-state index in [9.17, 15) is 9.59 Å². The van der Waals surface area contributed by atoms with Crippen LogP contribution in [-0.2, 0) is 6.54 Å². The minimum atomic E-state index is -0.349. The fourth-order valence-electron chi connectivity index (χ4n) is 1.49. The largest absolute Gasteiger partial charge is 0.337 e. The van der Waals surface area contributed by atoms with E-state index in [1.54, 1.807) is 24.3 Å². The highest BCUT2D eigenvalue weighted by molar-refractivity contribution is 6.04. The second-order valence-corrected chi connectivity index (χ2v) is 3.54. The van der Waals surface area contributed by atoms with Crippen molar-refractivity contribution in [1.29, 1.82) is 0 Å². The normalized spacial score (nSPS) is 10.1. The standard InChI is InChI=1S/C12H11N3O3/c1-2-15-10(8-16)12(18-14-15)13-11(17)9-6-4-3-5-7-9/h3-8H,2H2,1H3/p+1. The molecule has 0 spiro atoms. The minimum Gasteiger partial charge on any atom is -0.291 e. The van der Waals surface area contributed by atoms with E-state index in [1.165, 1.54) is 4.68 Å². The number of amides is 1. The maximum atomic E-state index is 11.9. The number of carbonyl (C=O) groups is 2. The smallest absolute Gasteiger partial charge is 0.291 e. The van der Waals surface area contributed by atoms with E-state index >= 15 is 0 Å². The first-order chi connectivity index (χ1) is 8.76. The molecule has 1 amide bonds. The third kappa shape index (κ3) is 2.27. The third-order valence-electron chi connectivity index (χ3n) is 2.42. The van der Waals surface area contributed by atoms with Gasteiger partial charge in [-0.1, -0.05) is 18.2 Å². The molecule has 0 aliphatic heterocycles. The number of hydrogen-bond acceptors (Lipinski definition) is 4. The average Bonchev–Trinajstić information content (AvgIpc) is 2.81. The maximum Gasteiger partial charge on any atom is 0.337 e. The summed E-state index contributed by atoms with van der Waals surface area (Å²) in [5.41, 5.74) is 0.690. The van der Waals surface area contributed by atoms with E-state index < -0.39 is 0 Å². The summed E-state index contributed by atoms with van der Waals surface area (Å²) >= 11 is 0. The van der Waals surface area contributed by atoms with Gasteiger partial charge in [-0.2, -0.15) is 0 Å². The molecule has 0 saturated carbocycles. The van der Waals surface area contributed by atoms with Crippen LogP contribution in [0, 0.1) is 0 Å². The summed E-state index contributed by atoms with van der Waals surface area (Å²) in [5, 5.41) is 6.16. The lowest BCUT2D eigenvalue weighted by Crippen LogP contribution is -2.38. The van der Waals surface area contributed by atoms with Gasteiger partial charge in [0.15, 0.2) is 6.54 Å². The molecule has 0 bridgehead atoms. The van der Waals surface area contributed by atoms with E-state index in [1.807, 2.05) is 13.0 Å². The van der Waals surface area contributed by atoms with Gasteiger partial charge in [-0.15, -0.1) is 0 Å². The Balaban J connectivity index is 2.22. The van der Waals surface area contributed by atoms with Gasteiger partial charge in [0.1, 0.15) is 0 Å². The molecular weight excluding hydrogens is 234 g/mol. The Morgan fingerprint density at radius 2 is 2.17 bits per heavy atom. The van der Waals surface area contributed by atoms with Crippen molar-refractivity contribution in [2.24, 2.45) is 0 Å². The summed E-state index contributed by atoms with van der Waals surface area (Å²) in [4.78, 5) is 22.8. The third-order valence-corrected chi connectivity index (χ3v) is 2.42. The quantitative estimate of drug-likeness (QED) is 0.646. The Kier molecular flexibility index (Phi) is 3.47. The van der Waals surface area contributed by atoms with Crippen molar-refractivity contribution in [3.63, 3.8) is 0 Å². The topological polar surface area (TPSA) is 76.1 Å². The van der Waals surface area contributed by atoms with Crippen molar-refractivity contribution in [2.45, 2.75) is 13.5 Å². The van der Waals surface area contributed by atoms with E-state index in [-0.39, 0.29) is 17.5 Å². The van der Waals surface area contributed by atoms with Crippen molar-refractivity contribution in [3.8, 4) is 0 Å². The molecule has 0 aliphatic rings. The molecule has 2 rings (SSSR count). The molecule has 0 atom stereocenters. The molecule has 0 fully saturated rings. The molecule has 0 saturated heterocycles. The summed E-state index contributed by atoms with van der Waals surface area (Å²) < 4.78 is 6.29. The molecule has 6 heteroatoms. The van der Waals surface area contributed by atoms with E-state index in [0.717, 1.165) is 0 Å². The molecule has 92 valence electrons. The Hall–Kier alpha value is -2.50. The monoisotopic (exact) mass is 246 g/mol. The molecule has 1 N–H and O–H groups in total. The zero-order chi connectivity index (χ0) is 13.0. The summed E-state index contributed by atoms with van der Waals surface area (Å²) in [6, 6.07) is 8.65. The number of nitrogens with zero attached hydrogens (tertiary/aromatic N) is 2. The lowest BCUT2D eigenvalue weighted by molar-refractivity contribution is -0.760. The van der Waals surface area contributed by atoms with Crippen molar-refractivity contribution in [1.82, 2.24) is 5.27 Å². The second kappa shape index (κ2) is 5.22. The van der Waals surface area contributed by atoms with Gasteiger partial charge in [-0.25, -0.2) is 0 Å². The zero-order valence-electron chi connectivity index (χ0n) is 9.79. The van der Waals surface area contributed by atoms with Crippen LogP contribution in [-0.4, -0.2) is 17.5 Å². The average molecular weight is 246 g/mol. The van der Waals surface area contributed by atoms with Crippen molar-refractivity contribution in [3.05, 3.63) is 41.6 Å². The van der Waals surface area contributed by atoms with Crippen LogP contribution in [0.15, 0.2) is 34.9 Å². The van der Waals surface area contributed by atoms with Gasteiger partial charge >= 0.3 is 11.6 Å². The van der Waals surface area contributed by atoms with E-state index in [0.29, 0.717) is 18.4 Å². The fraction of sp³-hybridized carbons (Fsp3) is 0.167. The Labute approximate surface area is 103 Å². The molecular formula is C12H12N3O3+. The highest BCUT2D eigenvalue weighted by atomic mass is 16.5.